The van der Waals surface area contributed by atoms with Crippen molar-refractivity contribution in [3.8, 4) is 5.75 Å². The van der Waals surface area contributed by atoms with Gasteiger partial charge in [0.25, 0.3) is 0 Å². The Hall–Kier alpha value is -1.39. The van der Waals surface area contributed by atoms with Gasteiger partial charge in [0.2, 0.25) is 0 Å². The molecule has 1 aromatic carbocycles. The maximum Gasteiger partial charge on any atom is 0.140 e. The van der Waals surface area contributed by atoms with E-state index in [-0.39, 0.29) is 5.54 Å². The van der Waals surface area contributed by atoms with Crippen LogP contribution in [0.3, 0.4) is 0 Å². The molecule has 0 saturated carbocycles. The fraction of sp³-hybridized carbons (Fsp3) is 0.471. The average Bonchev–Trinajstić information content (AvgIpc) is 2.73. The van der Waals surface area contributed by atoms with Crippen molar-refractivity contribution in [3.63, 3.8) is 0 Å². The van der Waals surface area contributed by atoms with Crippen LogP contribution in [-0.2, 0) is 13.2 Å². The molecule has 0 unspecified atom stereocenters. The van der Waals surface area contributed by atoms with Crippen LogP contribution in [0.2, 0.25) is 0 Å². The second-order valence-corrected chi connectivity index (χ2v) is 7.58. The maximum atomic E-state index is 5.85. The summed E-state index contributed by atoms with van der Waals surface area (Å²) in [4.78, 5) is 5.76. The Morgan fingerprint density at radius 1 is 1.24 bits per heavy atom. The number of nitrogens with one attached hydrogen (secondary N) is 1. The van der Waals surface area contributed by atoms with Gasteiger partial charge in [-0.25, -0.2) is 4.98 Å². The summed E-state index contributed by atoms with van der Waals surface area (Å²) in [7, 11) is 0. The van der Waals surface area contributed by atoms with Crippen molar-refractivity contribution in [2.45, 2.75) is 53.3 Å². The van der Waals surface area contributed by atoms with Gasteiger partial charge in [-0.2, -0.15) is 0 Å². The molecule has 0 spiro atoms. The second kappa shape index (κ2) is 6.58. The van der Waals surface area contributed by atoms with E-state index >= 15 is 0 Å². The monoisotopic (exact) mass is 304 g/mol. The van der Waals surface area contributed by atoms with Crippen LogP contribution in [0.15, 0.2) is 24.3 Å². The molecular formula is C17H24N2OS. The summed E-state index contributed by atoms with van der Waals surface area (Å²) in [6.07, 6.45) is 0. The smallest absolute Gasteiger partial charge is 0.140 e. The van der Waals surface area contributed by atoms with Gasteiger partial charge in [0.05, 0.1) is 5.69 Å². The van der Waals surface area contributed by atoms with Gasteiger partial charge in [0.15, 0.2) is 0 Å². The van der Waals surface area contributed by atoms with Crippen molar-refractivity contribution in [2.24, 2.45) is 0 Å². The van der Waals surface area contributed by atoms with E-state index in [1.165, 1.54) is 10.4 Å². The molecule has 0 aliphatic rings. The molecule has 3 nitrogen and oxygen atoms in total. The van der Waals surface area contributed by atoms with Crippen LogP contribution >= 0.6 is 11.3 Å². The zero-order valence-electron chi connectivity index (χ0n) is 13.5. The molecule has 2 aromatic rings. The molecule has 1 N–H and O–H groups in total. The first-order valence-corrected chi connectivity index (χ1v) is 8.05. The Labute approximate surface area is 131 Å². The van der Waals surface area contributed by atoms with Gasteiger partial charge >= 0.3 is 0 Å². The summed E-state index contributed by atoms with van der Waals surface area (Å²) >= 11 is 1.70. The Kier molecular flexibility index (Phi) is 5.01. The maximum absolute atomic E-state index is 5.85. The predicted octanol–water partition coefficient (Wildman–Crippen LogP) is 4.23. The summed E-state index contributed by atoms with van der Waals surface area (Å²) in [5, 5.41) is 4.51. The lowest BCUT2D eigenvalue weighted by atomic mass is 10.1. The van der Waals surface area contributed by atoms with Gasteiger partial charge in [-0.1, -0.05) is 12.1 Å². The van der Waals surface area contributed by atoms with Crippen molar-refractivity contribution in [3.05, 3.63) is 45.4 Å². The lowest BCUT2D eigenvalue weighted by Crippen LogP contribution is -2.35. The number of hydrogen-bond donors (Lipinski definition) is 1. The SMILES string of the molecule is Cc1nc(COc2cccc(CNC(C)(C)C)c2)sc1C. The highest BCUT2D eigenvalue weighted by molar-refractivity contribution is 7.11. The van der Waals surface area contributed by atoms with Gasteiger partial charge in [-0.05, 0) is 52.3 Å². The summed E-state index contributed by atoms with van der Waals surface area (Å²) in [6, 6.07) is 8.23. The Balaban J connectivity index is 1.94. The van der Waals surface area contributed by atoms with Crippen molar-refractivity contribution in [1.82, 2.24) is 10.3 Å². The lowest BCUT2D eigenvalue weighted by Gasteiger charge is -2.20. The third kappa shape index (κ3) is 5.14. The normalized spacial score (nSPS) is 11.7. The quantitative estimate of drug-likeness (QED) is 0.897. The van der Waals surface area contributed by atoms with Crippen molar-refractivity contribution >= 4 is 11.3 Å². The number of rotatable bonds is 5. The Morgan fingerprint density at radius 2 is 2.00 bits per heavy atom. The van der Waals surface area contributed by atoms with E-state index < -0.39 is 0 Å². The number of nitrogens with zero attached hydrogens (tertiary/aromatic N) is 1. The lowest BCUT2D eigenvalue weighted by molar-refractivity contribution is 0.305. The van der Waals surface area contributed by atoms with E-state index in [0.29, 0.717) is 6.61 Å². The van der Waals surface area contributed by atoms with Gasteiger partial charge in [-0.3, -0.25) is 0 Å². The van der Waals surface area contributed by atoms with Crippen LogP contribution in [0.25, 0.3) is 0 Å². The van der Waals surface area contributed by atoms with Crippen molar-refractivity contribution in [1.29, 1.82) is 0 Å². The zero-order valence-corrected chi connectivity index (χ0v) is 14.3. The number of thiazole rings is 1. The summed E-state index contributed by atoms with van der Waals surface area (Å²) in [5.74, 6) is 0.897. The summed E-state index contributed by atoms with van der Waals surface area (Å²) < 4.78 is 5.85. The fourth-order valence-corrected chi connectivity index (χ4v) is 2.71. The fourth-order valence-electron chi connectivity index (χ4n) is 1.86. The first-order valence-electron chi connectivity index (χ1n) is 7.23. The first kappa shape index (κ1) is 16.0. The van der Waals surface area contributed by atoms with Crippen molar-refractivity contribution in [2.75, 3.05) is 0 Å². The summed E-state index contributed by atoms with van der Waals surface area (Å²) in [6.45, 7) is 12.0. The van der Waals surface area contributed by atoms with Gasteiger partial charge in [0, 0.05) is 17.0 Å². The van der Waals surface area contributed by atoms with E-state index in [0.717, 1.165) is 23.0 Å². The summed E-state index contributed by atoms with van der Waals surface area (Å²) in [5.41, 5.74) is 2.45. The topological polar surface area (TPSA) is 34.1 Å². The molecule has 0 radical (unpaired) electrons. The van der Waals surface area contributed by atoms with Gasteiger partial charge in [0.1, 0.15) is 17.4 Å². The van der Waals surface area contributed by atoms with Crippen LogP contribution in [0.4, 0.5) is 0 Å². The van der Waals surface area contributed by atoms with Crippen LogP contribution in [0.1, 0.15) is 41.9 Å². The minimum Gasteiger partial charge on any atom is -0.486 e. The molecule has 114 valence electrons. The average molecular weight is 304 g/mol. The second-order valence-electron chi connectivity index (χ2n) is 6.29. The molecular weight excluding hydrogens is 280 g/mol. The molecule has 0 amide bonds. The molecule has 0 atom stereocenters. The predicted molar refractivity (Wildman–Crippen MR) is 89.0 cm³/mol. The highest BCUT2D eigenvalue weighted by Gasteiger charge is 2.09. The molecule has 1 aromatic heterocycles. The van der Waals surface area contributed by atoms with Crippen LogP contribution < -0.4 is 10.1 Å². The Morgan fingerprint density at radius 3 is 2.62 bits per heavy atom. The van der Waals surface area contributed by atoms with Crippen LogP contribution in [-0.4, -0.2) is 10.5 Å². The van der Waals surface area contributed by atoms with Crippen LogP contribution in [0, 0.1) is 13.8 Å². The first-order chi connectivity index (χ1) is 9.83. The zero-order chi connectivity index (χ0) is 15.5. The van der Waals surface area contributed by atoms with Crippen molar-refractivity contribution < 1.29 is 4.74 Å². The van der Waals surface area contributed by atoms with E-state index in [9.17, 15) is 0 Å². The molecule has 1 heterocycles. The standard InChI is InChI=1S/C17H24N2OS/c1-12-13(2)21-16(19-12)11-20-15-8-6-7-14(9-15)10-18-17(3,4)5/h6-9,18H,10-11H2,1-5H3. The number of aryl methyl sites for hydroxylation is 2. The largest absolute Gasteiger partial charge is 0.486 e. The van der Waals surface area contributed by atoms with E-state index in [2.05, 4.69) is 50.1 Å². The molecule has 2 rings (SSSR count). The van der Waals surface area contributed by atoms with E-state index in [1.807, 2.05) is 19.1 Å². The molecule has 0 aliphatic heterocycles. The third-order valence-electron chi connectivity index (χ3n) is 3.16. The molecule has 0 fully saturated rings. The Bertz CT molecular complexity index is 580. The molecule has 0 aliphatic carbocycles. The molecule has 0 saturated heterocycles. The number of ether oxygens (including phenoxy) is 1. The number of aromatic nitrogens is 1. The third-order valence-corrected chi connectivity index (χ3v) is 4.20. The number of hydrogen-bond acceptors (Lipinski definition) is 4. The van der Waals surface area contributed by atoms with Gasteiger partial charge < -0.3 is 10.1 Å². The molecule has 4 heteroatoms. The number of benzene rings is 1. The molecule has 21 heavy (non-hydrogen) atoms. The van der Waals surface area contributed by atoms with E-state index in [1.54, 1.807) is 11.3 Å². The highest BCUT2D eigenvalue weighted by Crippen LogP contribution is 2.20. The highest BCUT2D eigenvalue weighted by atomic mass is 32.1. The van der Waals surface area contributed by atoms with Crippen LogP contribution in [0.5, 0.6) is 5.75 Å². The minimum atomic E-state index is 0.118. The van der Waals surface area contributed by atoms with Gasteiger partial charge in [-0.15, -0.1) is 11.3 Å². The molecule has 0 bridgehead atoms. The van der Waals surface area contributed by atoms with E-state index in [4.69, 9.17) is 4.74 Å². The minimum absolute atomic E-state index is 0.118.